The van der Waals surface area contributed by atoms with Gasteiger partial charge in [-0.25, -0.2) is 0 Å². The van der Waals surface area contributed by atoms with Crippen LogP contribution in [0.4, 0.5) is 0 Å². The van der Waals surface area contributed by atoms with Crippen LogP contribution in [0.3, 0.4) is 0 Å². The van der Waals surface area contributed by atoms with Crippen molar-refractivity contribution >= 4 is 10.9 Å². The summed E-state index contributed by atoms with van der Waals surface area (Å²) >= 11 is 0. The quantitative estimate of drug-likeness (QED) is 0.777. The van der Waals surface area contributed by atoms with Gasteiger partial charge in [0, 0.05) is 30.2 Å². The zero-order chi connectivity index (χ0) is 12.3. The van der Waals surface area contributed by atoms with Gasteiger partial charge < -0.3 is 9.88 Å². The molecule has 0 bridgehead atoms. The number of fused-ring (bicyclic) bond motifs is 1. The Morgan fingerprint density at radius 1 is 1.35 bits per heavy atom. The minimum absolute atomic E-state index is 0.918. The summed E-state index contributed by atoms with van der Waals surface area (Å²) in [4.78, 5) is 0. The van der Waals surface area contributed by atoms with Crippen molar-refractivity contribution < 1.29 is 0 Å². The SMILES string of the molecule is C=C(C)CCn1ccc2c(CNC)cccc21. The third-order valence-corrected chi connectivity index (χ3v) is 3.05. The first kappa shape index (κ1) is 11.9. The van der Waals surface area contributed by atoms with Gasteiger partial charge in [-0.3, -0.25) is 0 Å². The number of benzene rings is 1. The van der Waals surface area contributed by atoms with Gasteiger partial charge in [0.1, 0.15) is 0 Å². The number of aromatic nitrogens is 1. The molecule has 0 atom stereocenters. The molecule has 0 spiro atoms. The molecule has 0 saturated heterocycles. The van der Waals surface area contributed by atoms with Gasteiger partial charge in [0.25, 0.3) is 0 Å². The molecule has 0 unspecified atom stereocenters. The summed E-state index contributed by atoms with van der Waals surface area (Å²) in [6, 6.07) is 8.71. The number of nitrogens with zero attached hydrogens (tertiary/aromatic N) is 1. The summed E-state index contributed by atoms with van der Waals surface area (Å²) in [5.41, 5.74) is 3.91. The summed E-state index contributed by atoms with van der Waals surface area (Å²) in [6.07, 6.45) is 3.22. The molecule has 1 aromatic carbocycles. The van der Waals surface area contributed by atoms with Crippen molar-refractivity contribution in [2.45, 2.75) is 26.4 Å². The van der Waals surface area contributed by atoms with Gasteiger partial charge in [-0.15, -0.1) is 6.58 Å². The predicted molar refractivity (Wildman–Crippen MR) is 74.1 cm³/mol. The number of hydrogen-bond donors (Lipinski definition) is 1. The zero-order valence-electron chi connectivity index (χ0n) is 10.7. The van der Waals surface area contributed by atoms with Crippen molar-refractivity contribution in [2.24, 2.45) is 0 Å². The highest BCUT2D eigenvalue weighted by atomic mass is 14.9. The van der Waals surface area contributed by atoms with E-state index in [0.717, 1.165) is 19.5 Å². The van der Waals surface area contributed by atoms with E-state index >= 15 is 0 Å². The molecule has 1 heterocycles. The van der Waals surface area contributed by atoms with E-state index in [1.807, 2.05) is 7.05 Å². The molecular formula is C15H20N2. The molecule has 2 rings (SSSR count). The van der Waals surface area contributed by atoms with Crippen LogP contribution < -0.4 is 5.32 Å². The Morgan fingerprint density at radius 2 is 2.18 bits per heavy atom. The summed E-state index contributed by atoms with van der Waals surface area (Å²) in [6.45, 7) is 7.97. The highest BCUT2D eigenvalue weighted by Crippen LogP contribution is 2.21. The first-order valence-electron chi connectivity index (χ1n) is 6.08. The van der Waals surface area contributed by atoms with Crippen LogP contribution in [0.5, 0.6) is 0 Å². The van der Waals surface area contributed by atoms with E-state index in [2.05, 4.69) is 53.8 Å². The second-order valence-corrected chi connectivity index (χ2v) is 4.60. The van der Waals surface area contributed by atoms with Gasteiger partial charge in [-0.05, 0) is 38.1 Å². The largest absolute Gasteiger partial charge is 0.347 e. The summed E-state index contributed by atoms with van der Waals surface area (Å²) in [5, 5.41) is 4.56. The molecule has 2 nitrogen and oxygen atoms in total. The molecule has 0 fully saturated rings. The van der Waals surface area contributed by atoms with E-state index < -0.39 is 0 Å². The van der Waals surface area contributed by atoms with E-state index in [1.54, 1.807) is 0 Å². The summed E-state index contributed by atoms with van der Waals surface area (Å²) in [5.74, 6) is 0. The summed E-state index contributed by atoms with van der Waals surface area (Å²) in [7, 11) is 1.98. The van der Waals surface area contributed by atoms with Gasteiger partial charge in [0.15, 0.2) is 0 Å². The van der Waals surface area contributed by atoms with E-state index in [4.69, 9.17) is 0 Å². The molecule has 0 amide bonds. The lowest BCUT2D eigenvalue weighted by Crippen LogP contribution is -2.05. The van der Waals surface area contributed by atoms with E-state index in [1.165, 1.54) is 22.0 Å². The number of allylic oxidation sites excluding steroid dienone is 1. The fourth-order valence-electron chi connectivity index (χ4n) is 2.14. The fourth-order valence-corrected chi connectivity index (χ4v) is 2.14. The van der Waals surface area contributed by atoms with Crippen molar-refractivity contribution in [1.29, 1.82) is 0 Å². The van der Waals surface area contributed by atoms with Crippen molar-refractivity contribution in [3.05, 3.63) is 48.2 Å². The minimum atomic E-state index is 0.918. The van der Waals surface area contributed by atoms with Crippen LogP contribution >= 0.6 is 0 Å². The number of hydrogen-bond acceptors (Lipinski definition) is 1. The highest BCUT2D eigenvalue weighted by molar-refractivity contribution is 5.83. The molecule has 0 aliphatic carbocycles. The number of rotatable bonds is 5. The third-order valence-electron chi connectivity index (χ3n) is 3.05. The molecule has 0 radical (unpaired) electrons. The molecule has 2 aromatic rings. The minimum Gasteiger partial charge on any atom is -0.347 e. The lowest BCUT2D eigenvalue weighted by molar-refractivity contribution is 0.719. The van der Waals surface area contributed by atoms with Crippen LogP contribution in [0.1, 0.15) is 18.9 Å². The Balaban J connectivity index is 2.33. The Labute approximate surface area is 103 Å². The molecule has 2 heteroatoms. The van der Waals surface area contributed by atoms with Crippen molar-refractivity contribution in [3.63, 3.8) is 0 Å². The standard InChI is InChI=1S/C15H20N2/c1-12(2)7-9-17-10-8-14-13(11-16-3)5-4-6-15(14)17/h4-6,8,10,16H,1,7,9,11H2,2-3H3. The summed E-state index contributed by atoms with van der Waals surface area (Å²) < 4.78 is 2.31. The van der Waals surface area contributed by atoms with Crippen LogP contribution in [0.25, 0.3) is 10.9 Å². The van der Waals surface area contributed by atoms with Crippen LogP contribution in [0.15, 0.2) is 42.6 Å². The Kier molecular flexibility index (Phi) is 3.64. The number of nitrogens with one attached hydrogen (secondary N) is 1. The average Bonchev–Trinajstić information content (AvgIpc) is 2.71. The fraction of sp³-hybridized carbons (Fsp3) is 0.333. The van der Waals surface area contributed by atoms with Crippen LogP contribution in [0, 0.1) is 0 Å². The van der Waals surface area contributed by atoms with Gasteiger partial charge >= 0.3 is 0 Å². The molecule has 17 heavy (non-hydrogen) atoms. The molecule has 1 aromatic heterocycles. The van der Waals surface area contributed by atoms with E-state index in [0.29, 0.717) is 0 Å². The maximum Gasteiger partial charge on any atom is 0.0483 e. The average molecular weight is 228 g/mol. The van der Waals surface area contributed by atoms with E-state index in [-0.39, 0.29) is 0 Å². The smallest absolute Gasteiger partial charge is 0.0483 e. The lowest BCUT2D eigenvalue weighted by atomic mass is 10.1. The number of aryl methyl sites for hydroxylation is 1. The molecule has 90 valence electrons. The van der Waals surface area contributed by atoms with Gasteiger partial charge in [-0.1, -0.05) is 17.7 Å². The van der Waals surface area contributed by atoms with Crippen molar-refractivity contribution in [2.75, 3.05) is 7.05 Å². The molecule has 1 N–H and O–H groups in total. The first-order valence-corrected chi connectivity index (χ1v) is 6.08. The Morgan fingerprint density at radius 3 is 2.88 bits per heavy atom. The Hall–Kier alpha value is -1.54. The zero-order valence-corrected chi connectivity index (χ0v) is 10.7. The topological polar surface area (TPSA) is 17.0 Å². The van der Waals surface area contributed by atoms with Gasteiger partial charge in [-0.2, -0.15) is 0 Å². The molecule has 0 saturated carbocycles. The monoisotopic (exact) mass is 228 g/mol. The molecule has 0 aliphatic rings. The van der Waals surface area contributed by atoms with Crippen LogP contribution in [-0.2, 0) is 13.1 Å². The third kappa shape index (κ3) is 2.59. The second kappa shape index (κ2) is 5.19. The van der Waals surface area contributed by atoms with Gasteiger partial charge in [0.05, 0.1) is 0 Å². The predicted octanol–water partition coefficient (Wildman–Crippen LogP) is 3.33. The maximum absolute atomic E-state index is 3.96. The molecule has 0 aliphatic heterocycles. The Bertz CT molecular complexity index is 523. The van der Waals surface area contributed by atoms with Gasteiger partial charge in [0.2, 0.25) is 0 Å². The van der Waals surface area contributed by atoms with E-state index in [9.17, 15) is 0 Å². The second-order valence-electron chi connectivity index (χ2n) is 4.60. The van der Waals surface area contributed by atoms with Crippen LogP contribution in [-0.4, -0.2) is 11.6 Å². The van der Waals surface area contributed by atoms with Crippen molar-refractivity contribution in [1.82, 2.24) is 9.88 Å². The molecular weight excluding hydrogens is 208 g/mol. The lowest BCUT2D eigenvalue weighted by Gasteiger charge is -2.07. The van der Waals surface area contributed by atoms with Crippen LogP contribution in [0.2, 0.25) is 0 Å². The van der Waals surface area contributed by atoms with Crippen molar-refractivity contribution in [3.8, 4) is 0 Å². The maximum atomic E-state index is 3.96. The normalized spacial score (nSPS) is 10.9. The first-order chi connectivity index (χ1) is 8.22. The highest BCUT2D eigenvalue weighted by Gasteiger charge is 2.04.